The van der Waals surface area contributed by atoms with E-state index in [9.17, 15) is 9.59 Å². The Bertz CT molecular complexity index is 820. The zero-order valence-corrected chi connectivity index (χ0v) is 18.1. The Kier molecular flexibility index (Phi) is 8.14. The number of hydrogen-bond acceptors (Lipinski definition) is 3. The Morgan fingerprint density at radius 1 is 1.07 bits per heavy atom. The topological polar surface area (TPSA) is 58.6 Å². The van der Waals surface area contributed by atoms with Crippen molar-refractivity contribution < 1.29 is 14.3 Å². The fourth-order valence-corrected chi connectivity index (χ4v) is 3.81. The summed E-state index contributed by atoms with van der Waals surface area (Å²) in [5, 5.41) is 3.76. The van der Waals surface area contributed by atoms with E-state index >= 15 is 0 Å². The smallest absolute Gasteiger partial charge is 0.261 e. The van der Waals surface area contributed by atoms with Crippen LogP contribution in [-0.4, -0.2) is 35.4 Å². The SMILES string of the molecule is C[C@@H](C(=O)NC1CCCCC1)N(Cc1ccc(Cl)cc1)C(=O)COc1ccccc1. The first-order valence-corrected chi connectivity index (χ1v) is 10.9. The van der Waals surface area contributed by atoms with Crippen LogP contribution in [0.1, 0.15) is 44.6 Å². The van der Waals surface area contributed by atoms with E-state index in [0.29, 0.717) is 17.3 Å². The molecule has 160 valence electrons. The number of hydrogen-bond donors (Lipinski definition) is 1. The van der Waals surface area contributed by atoms with Gasteiger partial charge in [-0.3, -0.25) is 9.59 Å². The lowest BCUT2D eigenvalue weighted by Crippen LogP contribution is -2.51. The summed E-state index contributed by atoms with van der Waals surface area (Å²) in [4.78, 5) is 27.5. The number of benzene rings is 2. The van der Waals surface area contributed by atoms with Crippen LogP contribution in [0.4, 0.5) is 0 Å². The van der Waals surface area contributed by atoms with Crippen LogP contribution in [0.5, 0.6) is 5.75 Å². The molecule has 1 atom stereocenters. The molecule has 0 spiro atoms. The van der Waals surface area contributed by atoms with Crippen molar-refractivity contribution in [3.63, 3.8) is 0 Å². The summed E-state index contributed by atoms with van der Waals surface area (Å²) in [6, 6.07) is 16.1. The van der Waals surface area contributed by atoms with Gasteiger partial charge >= 0.3 is 0 Å². The maximum Gasteiger partial charge on any atom is 0.261 e. The summed E-state index contributed by atoms with van der Waals surface area (Å²) in [6.07, 6.45) is 5.50. The first-order valence-electron chi connectivity index (χ1n) is 10.5. The second kappa shape index (κ2) is 11.0. The summed E-state index contributed by atoms with van der Waals surface area (Å²) in [6.45, 7) is 1.96. The average Bonchev–Trinajstić information content (AvgIpc) is 2.78. The molecule has 0 aliphatic heterocycles. The van der Waals surface area contributed by atoms with Crippen LogP contribution in [-0.2, 0) is 16.1 Å². The molecule has 1 aliphatic rings. The molecule has 1 saturated carbocycles. The number of ether oxygens (including phenoxy) is 1. The molecule has 3 rings (SSSR count). The number of para-hydroxylation sites is 1. The number of carbonyl (C=O) groups excluding carboxylic acids is 2. The minimum atomic E-state index is -0.602. The van der Waals surface area contributed by atoms with Gasteiger partial charge in [-0.25, -0.2) is 0 Å². The predicted octanol–water partition coefficient (Wildman–Crippen LogP) is 4.59. The van der Waals surface area contributed by atoms with Crippen molar-refractivity contribution in [3.05, 3.63) is 65.2 Å². The minimum Gasteiger partial charge on any atom is -0.484 e. The van der Waals surface area contributed by atoms with E-state index in [-0.39, 0.29) is 24.5 Å². The van der Waals surface area contributed by atoms with Gasteiger partial charge in [-0.2, -0.15) is 0 Å². The number of halogens is 1. The Labute approximate surface area is 183 Å². The quantitative estimate of drug-likeness (QED) is 0.669. The summed E-state index contributed by atoms with van der Waals surface area (Å²) in [7, 11) is 0. The molecule has 30 heavy (non-hydrogen) atoms. The van der Waals surface area contributed by atoms with Gasteiger partial charge in [0.2, 0.25) is 5.91 Å². The van der Waals surface area contributed by atoms with Crippen LogP contribution in [0.2, 0.25) is 5.02 Å². The lowest BCUT2D eigenvalue weighted by Gasteiger charge is -2.31. The van der Waals surface area contributed by atoms with Gasteiger partial charge in [0, 0.05) is 17.6 Å². The molecular formula is C24H29ClN2O3. The molecule has 0 bridgehead atoms. The number of nitrogens with zero attached hydrogens (tertiary/aromatic N) is 1. The van der Waals surface area contributed by atoms with E-state index in [0.717, 1.165) is 31.2 Å². The molecule has 2 aromatic carbocycles. The Morgan fingerprint density at radius 2 is 1.73 bits per heavy atom. The van der Waals surface area contributed by atoms with Gasteiger partial charge < -0.3 is 15.0 Å². The molecule has 2 amide bonds. The first-order chi connectivity index (χ1) is 14.5. The third kappa shape index (κ3) is 6.49. The molecule has 1 aliphatic carbocycles. The second-order valence-electron chi connectivity index (χ2n) is 7.77. The van der Waals surface area contributed by atoms with Crippen molar-refractivity contribution in [1.29, 1.82) is 0 Å². The monoisotopic (exact) mass is 428 g/mol. The Morgan fingerprint density at radius 3 is 2.40 bits per heavy atom. The standard InChI is InChI=1S/C24H29ClN2O3/c1-18(24(29)26-21-8-4-2-5-9-21)27(16-19-12-14-20(25)15-13-19)23(28)17-30-22-10-6-3-7-11-22/h3,6-7,10-15,18,21H,2,4-5,8-9,16-17H2,1H3,(H,26,29)/t18-/m0/s1. The van der Waals surface area contributed by atoms with Crippen molar-refractivity contribution in [2.75, 3.05) is 6.61 Å². The summed E-state index contributed by atoms with van der Waals surface area (Å²) in [5.41, 5.74) is 0.907. The van der Waals surface area contributed by atoms with Crippen LogP contribution >= 0.6 is 11.6 Å². The second-order valence-corrected chi connectivity index (χ2v) is 8.21. The van der Waals surface area contributed by atoms with E-state index in [2.05, 4.69) is 5.32 Å². The maximum atomic E-state index is 13.0. The number of nitrogens with one attached hydrogen (secondary N) is 1. The molecule has 0 saturated heterocycles. The minimum absolute atomic E-state index is 0.121. The lowest BCUT2D eigenvalue weighted by atomic mass is 9.95. The zero-order chi connectivity index (χ0) is 21.3. The third-order valence-electron chi connectivity index (χ3n) is 5.49. The van der Waals surface area contributed by atoms with E-state index in [1.165, 1.54) is 6.42 Å². The highest BCUT2D eigenvalue weighted by Gasteiger charge is 2.28. The van der Waals surface area contributed by atoms with Gasteiger partial charge in [-0.15, -0.1) is 0 Å². The van der Waals surface area contributed by atoms with Crippen molar-refractivity contribution in [2.24, 2.45) is 0 Å². The summed E-state index contributed by atoms with van der Waals surface area (Å²) < 4.78 is 5.64. The highest BCUT2D eigenvalue weighted by atomic mass is 35.5. The van der Waals surface area contributed by atoms with Crippen LogP contribution < -0.4 is 10.1 Å². The fraction of sp³-hybridized carbons (Fsp3) is 0.417. The van der Waals surface area contributed by atoms with Crippen molar-refractivity contribution in [1.82, 2.24) is 10.2 Å². The van der Waals surface area contributed by atoms with E-state index in [1.54, 1.807) is 36.1 Å². The Hall–Kier alpha value is -2.53. The van der Waals surface area contributed by atoms with Gasteiger partial charge in [-0.1, -0.05) is 61.2 Å². The molecular weight excluding hydrogens is 400 g/mol. The molecule has 0 unspecified atom stereocenters. The largest absolute Gasteiger partial charge is 0.484 e. The van der Waals surface area contributed by atoms with Crippen LogP contribution in [0.25, 0.3) is 0 Å². The molecule has 5 nitrogen and oxygen atoms in total. The molecule has 2 aromatic rings. The summed E-state index contributed by atoms with van der Waals surface area (Å²) >= 11 is 5.99. The van der Waals surface area contributed by atoms with Crippen molar-refractivity contribution in [2.45, 2.75) is 57.7 Å². The zero-order valence-electron chi connectivity index (χ0n) is 17.4. The van der Waals surface area contributed by atoms with Gasteiger partial charge in [0.05, 0.1) is 0 Å². The van der Waals surface area contributed by atoms with E-state index < -0.39 is 6.04 Å². The van der Waals surface area contributed by atoms with Gasteiger partial charge in [-0.05, 0) is 49.6 Å². The maximum absolute atomic E-state index is 13.0. The number of amides is 2. The number of carbonyl (C=O) groups is 2. The lowest BCUT2D eigenvalue weighted by molar-refractivity contribution is -0.142. The van der Waals surface area contributed by atoms with Gasteiger partial charge in [0.15, 0.2) is 6.61 Å². The molecule has 1 N–H and O–H groups in total. The van der Waals surface area contributed by atoms with Gasteiger partial charge in [0.25, 0.3) is 5.91 Å². The third-order valence-corrected chi connectivity index (χ3v) is 5.74. The molecule has 0 heterocycles. The highest BCUT2D eigenvalue weighted by Crippen LogP contribution is 2.19. The first kappa shape index (κ1) is 22.2. The number of rotatable bonds is 8. The van der Waals surface area contributed by atoms with Crippen LogP contribution in [0.15, 0.2) is 54.6 Å². The van der Waals surface area contributed by atoms with Crippen molar-refractivity contribution >= 4 is 23.4 Å². The average molecular weight is 429 g/mol. The molecule has 0 aromatic heterocycles. The van der Waals surface area contributed by atoms with E-state index in [1.807, 2.05) is 30.3 Å². The molecule has 0 radical (unpaired) electrons. The fourth-order valence-electron chi connectivity index (χ4n) is 3.68. The van der Waals surface area contributed by atoms with Gasteiger partial charge in [0.1, 0.15) is 11.8 Å². The van der Waals surface area contributed by atoms with Crippen molar-refractivity contribution in [3.8, 4) is 5.75 Å². The van der Waals surface area contributed by atoms with Crippen LogP contribution in [0.3, 0.4) is 0 Å². The molecule has 6 heteroatoms. The molecule has 1 fully saturated rings. The highest BCUT2D eigenvalue weighted by molar-refractivity contribution is 6.30. The van der Waals surface area contributed by atoms with Crippen LogP contribution in [0, 0.1) is 0 Å². The summed E-state index contributed by atoms with van der Waals surface area (Å²) in [5.74, 6) is 0.264. The Balaban J connectivity index is 1.68. The van der Waals surface area contributed by atoms with E-state index in [4.69, 9.17) is 16.3 Å². The normalized spacial score (nSPS) is 15.3. The predicted molar refractivity (Wildman–Crippen MR) is 118 cm³/mol.